The number of hydrogen-bond acceptors (Lipinski definition) is 3. The molecule has 0 radical (unpaired) electrons. The molecule has 1 N–H and O–H groups in total. The molecule has 1 rings (SSSR count). The Hall–Kier alpha value is -1.84. The number of rotatable bonds is 15. The first-order valence-corrected chi connectivity index (χ1v) is 10.6. The summed E-state index contributed by atoms with van der Waals surface area (Å²) in [5, 5.41) is 9.14. The molecule has 0 spiro atoms. The summed E-state index contributed by atoms with van der Waals surface area (Å²) >= 11 is 0. The van der Waals surface area contributed by atoms with E-state index in [2.05, 4.69) is 24.3 Å². The first kappa shape index (κ1) is 24.2. The molecule has 0 amide bonds. The number of carbonyl (C=O) groups is 2. The van der Waals surface area contributed by atoms with E-state index in [0.29, 0.717) is 6.47 Å². The van der Waals surface area contributed by atoms with Gasteiger partial charge in [0, 0.05) is 0 Å². The normalized spacial score (nSPS) is 12.0. The van der Waals surface area contributed by atoms with Crippen molar-refractivity contribution in [2.75, 3.05) is 0 Å². The van der Waals surface area contributed by atoms with Gasteiger partial charge in [-0.3, -0.25) is 9.59 Å². The number of carboxylic acid groups (broad SMARTS) is 1. The highest BCUT2D eigenvalue weighted by atomic mass is 16.5. The average molecular weight is 391 g/mol. The van der Waals surface area contributed by atoms with Crippen LogP contribution in [0.3, 0.4) is 0 Å². The number of carboxylic acids is 1. The predicted molar refractivity (Wildman–Crippen MR) is 113 cm³/mol. The van der Waals surface area contributed by atoms with Gasteiger partial charge in [0.25, 0.3) is 6.47 Å². The lowest BCUT2D eigenvalue weighted by Crippen LogP contribution is -2.23. The van der Waals surface area contributed by atoms with Gasteiger partial charge in [-0.15, -0.1) is 0 Å². The second-order valence-corrected chi connectivity index (χ2v) is 9.10. The summed E-state index contributed by atoms with van der Waals surface area (Å²) in [6.07, 6.45) is 10.2. The molecule has 0 aliphatic rings. The highest BCUT2D eigenvalue weighted by Gasteiger charge is 2.25. The number of carbonyl (C=O) groups excluding carboxylic acids is 1. The van der Waals surface area contributed by atoms with Crippen molar-refractivity contribution in [2.24, 2.45) is 5.41 Å². The van der Waals surface area contributed by atoms with E-state index in [-0.39, 0.29) is 5.60 Å². The van der Waals surface area contributed by atoms with Crippen LogP contribution in [0.2, 0.25) is 0 Å². The molecular weight excluding hydrogens is 352 g/mol. The molecule has 0 aromatic heterocycles. The average Bonchev–Trinajstić information content (AvgIpc) is 2.62. The maximum atomic E-state index is 11.1. The van der Waals surface area contributed by atoms with Gasteiger partial charge in [-0.2, -0.15) is 0 Å². The molecule has 0 fully saturated rings. The van der Waals surface area contributed by atoms with E-state index in [0.717, 1.165) is 64.2 Å². The van der Waals surface area contributed by atoms with Crippen molar-refractivity contribution in [3.63, 3.8) is 0 Å². The second-order valence-electron chi connectivity index (χ2n) is 9.10. The number of aryl methyl sites for hydroxylation is 2. The van der Waals surface area contributed by atoms with Crippen molar-refractivity contribution in [3.8, 4) is 0 Å². The number of ether oxygens (including phenoxy) is 1. The van der Waals surface area contributed by atoms with Crippen molar-refractivity contribution in [3.05, 3.63) is 35.4 Å². The van der Waals surface area contributed by atoms with Crippen molar-refractivity contribution in [1.29, 1.82) is 0 Å². The first-order valence-electron chi connectivity index (χ1n) is 10.6. The van der Waals surface area contributed by atoms with Crippen LogP contribution in [0.1, 0.15) is 90.2 Å². The summed E-state index contributed by atoms with van der Waals surface area (Å²) in [5.74, 6) is -0.704. The van der Waals surface area contributed by atoms with Crippen LogP contribution in [-0.2, 0) is 27.2 Å². The Bertz CT molecular complexity index is 604. The summed E-state index contributed by atoms with van der Waals surface area (Å²) in [6, 6.07) is 8.82. The molecule has 0 unspecified atom stereocenters. The molecule has 4 nitrogen and oxygen atoms in total. The van der Waals surface area contributed by atoms with E-state index >= 15 is 0 Å². The fraction of sp³-hybridized carbons (Fsp3) is 0.667. The lowest BCUT2D eigenvalue weighted by Gasteiger charge is -2.22. The lowest BCUT2D eigenvalue weighted by atomic mass is 9.87. The Morgan fingerprint density at radius 2 is 1.46 bits per heavy atom. The molecular formula is C24H38O4. The van der Waals surface area contributed by atoms with Gasteiger partial charge in [0.05, 0.1) is 5.41 Å². The monoisotopic (exact) mass is 390 g/mol. The summed E-state index contributed by atoms with van der Waals surface area (Å²) < 4.78 is 5.09. The van der Waals surface area contributed by atoms with Crippen LogP contribution in [-0.4, -0.2) is 23.1 Å². The second kappa shape index (κ2) is 11.9. The molecule has 0 saturated heterocycles. The third-order valence-electron chi connectivity index (χ3n) is 5.45. The Kier molecular flexibility index (Phi) is 10.3. The molecule has 4 heteroatoms. The van der Waals surface area contributed by atoms with Gasteiger partial charge in [0.1, 0.15) is 5.60 Å². The molecule has 28 heavy (non-hydrogen) atoms. The van der Waals surface area contributed by atoms with E-state index in [9.17, 15) is 9.59 Å². The zero-order chi connectivity index (χ0) is 21.0. The summed E-state index contributed by atoms with van der Waals surface area (Å²) in [4.78, 5) is 21.6. The fourth-order valence-corrected chi connectivity index (χ4v) is 3.37. The zero-order valence-electron chi connectivity index (χ0n) is 18.1. The van der Waals surface area contributed by atoms with Crippen LogP contribution in [0.25, 0.3) is 0 Å². The summed E-state index contributed by atoms with van der Waals surface area (Å²) in [7, 11) is 0. The minimum absolute atomic E-state index is 0.372. The lowest BCUT2D eigenvalue weighted by molar-refractivity contribution is -0.147. The quantitative estimate of drug-likeness (QED) is 0.297. The van der Waals surface area contributed by atoms with Crippen molar-refractivity contribution in [1.82, 2.24) is 0 Å². The van der Waals surface area contributed by atoms with E-state index in [1.165, 1.54) is 11.1 Å². The number of aliphatic carboxylic acids is 1. The largest absolute Gasteiger partial charge is 0.481 e. The number of hydrogen-bond donors (Lipinski definition) is 1. The van der Waals surface area contributed by atoms with Crippen LogP contribution in [0, 0.1) is 5.41 Å². The van der Waals surface area contributed by atoms with Gasteiger partial charge < -0.3 is 9.84 Å². The maximum absolute atomic E-state index is 11.1. The molecule has 0 aliphatic heterocycles. The van der Waals surface area contributed by atoms with Crippen LogP contribution in [0.4, 0.5) is 0 Å². The molecule has 1 aromatic carbocycles. The highest BCUT2D eigenvalue weighted by molar-refractivity contribution is 5.73. The SMILES string of the molecule is CC(C)(CCCCc1cccc(CCCCCCC(C)(C)C(=O)O)c1)OC=O. The Labute approximate surface area is 170 Å². The van der Waals surface area contributed by atoms with Gasteiger partial charge in [-0.25, -0.2) is 0 Å². The van der Waals surface area contributed by atoms with Gasteiger partial charge in [-0.1, -0.05) is 43.5 Å². The van der Waals surface area contributed by atoms with Gasteiger partial charge in [0.2, 0.25) is 0 Å². The molecule has 158 valence electrons. The van der Waals surface area contributed by atoms with E-state index in [1.54, 1.807) is 13.8 Å². The third kappa shape index (κ3) is 9.91. The Morgan fingerprint density at radius 3 is 2.04 bits per heavy atom. The van der Waals surface area contributed by atoms with Crippen molar-refractivity contribution >= 4 is 12.4 Å². The molecule has 0 heterocycles. The summed E-state index contributed by atoms with van der Waals surface area (Å²) in [6.45, 7) is 8.04. The zero-order valence-corrected chi connectivity index (χ0v) is 18.1. The number of unbranched alkanes of at least 4 members (excludes halogenated alkanes) is 4. The highest BCUT2D eigenvalue weighted by Crippen LogP contribution is 2.24. The minimum Gasteiger partial charge on any atom is -0.481 e. The van der Waals surface area contributed by atoms with Gasteiger partial charge in [-0.05, 0) is 83.8 Å². The molecule has 1 aromatic rings. The van der Waals surface area contributed by atoms with Gasteiger partial charge >= 0.3 is 5.97 Å². The van der Waals surface area contributed by atoms with Crippen LogP contribution >= 0.6 is 0 Å². The van der Waals surface area contributed by atoms with Crippen LogP contribution in [0.15, 0.2) is 24.3 Å². The third-order valence-corrected chi connectivity index (χ3v) is 5.45. The van der Waals surface area contributed by atoms with Crippen LogP contribution in [0.5, 0.6) is 0 Å². The number of benzene rings is 1. The maximum Gasteiger partial charge on any atom is 0.309 e. The standard InChI is InChI=1S/C24H38O4/c1-23(2,22(26)27)16-9-6-5-7-12-20-14-11-15-21(18-20)13-8-10-17-24(3,4)28-19-25/h11,14-15,18-19H,5-10,12-13,16-17H2,1-4H3,(H,26,27). The molecule has 0 atom stereocenters. The van der Waals surface area contributed by atoms with E-state index in [1.807, 2.05) is 13.8 Å². The van der Waals surface area contributed by atoms with Crippen molar-refractivity contribution < 1.29 is 19.4 Å². The van der Waals surface area contributed by atoms with E-state index < -0.39 is 11.4 Å². The first-order chi connectivity index (χ1) is 13.2. The predicted octanol–water partition coefficient (Wildman–Crippen LogP) is 5.95. The molecule has 0 saturated carbocycles. The topological polar surface area (TPSA) is 63.6 Å². The minimum atomic E-state index is -0.704. The smallest absolute Gasteiger partial charge is 0.309 e. The molecule has 0 aliphatic carbocycles. The Balaban J connectivity index is 2.24. The van der Waals surface area contributed by atoms with Crippen molar-refractivity contribution in [2.45, 2.75) is 97.5 Å². The molecule has 0 bridgehead atoms. The van der Waals surface area contributed by atoms with Gasteiger partial charge in [0.15, 0.2) is 0 Å². The van der Waals surface area contributed by atoms with E-state index in [4.69, 9.17) is 9.84 Å². The fourth-order valence-electron chi connectivity index (χ4n) is 3.37. The van der Waals surface area contributed by atoms with Crippen LogP contribution < -0.4 is 0 Å². The Morgan fingerprint density at radius 1 is 0.929 bits per heavy atom. The summed E-state index contributed by atoms with van der Waals surface area (Å²) in [5.41, 5.74) is 1.77.